The first-order valence-corrected chi connectivity index (χ1v) is 9.71. The SMILES string of the molecule is C/C(=C\C(=O)N(C)Cc1c(C)[nH]c2ccccc12)c1cnc2c(c1)CCC(=O)N2. The molecule has 2 amide bonds. The molecule has 6 heteroatoms. The van der Waals surface area contributed by atoms with E-state index >= 15 is 0 Å². The predicted octanol–water partition coefficient (Wildman–Crippen LogP) is 3.82. The van der Waals surface area contributed by atoms with E-state index in [-0.39, 0.29) is 11.8 Å². The van der Waals surface area contributed by atoms with E-state index in [2.05, 4.69) is 21.4 Å². The molecule has 148 valence electrons. The average molecular weight is 388 g/mol. The van der Waals surface area contributed by atoms with Crippen molar-refractivity contribution in [2.24, 2.45) is 0 Å². The van der Waals surface area contributed by atoms with Crippen molar-refractivity contribution in [2.75, 3.05) is 12.4 Å². The number of pyridine rings is 1. The van der Waals surface area contributed by atoms with Crippen molar-refractivity contribution >= 4 is 34.1 Å². The lowest BCUT2D eigenvalue weighted by molar-refractivity contribution is -0.125. The summed E-state index contributed by atoms with van der Waals surface area (Å²) in [6.45, 7) is 4.48. The average Bonchev–Trinajstić information content (AvgIpc) is 3.02. The van der Waals surface area contributed by atoms with Gasteiger partial charge in [0, 0.05) is 48.9 Å². The number of aromatic amines is 1. The number of amides is 2. The molecular formula is C23H24N4O2. The number of para-hydroxylation sites is 1. The molecular weight excluding hydrogens is 364 g/mol. The molecule has 0 fully saturated rings. The molecule has 4 rings (SSSR count). The number of aryl methyl sites for hydroxylation is 2. The number of nitrogens with zero attached hydrogens (tertiary/aromatic N) is 2. The molecule has 29 heavy (non-hydrogen) atoms. The molecule has 1 aromatic carbocycles. The number of H-pyrrole nitrogens is 1. The van der Waals surface area contributed by atoms with E-state index in [9.17, 15) is 9.59 Å². The van der Waals surface area contributed by atoms with E-state index < -0.39 is 0 Å². The lowest BCUT2D eigenvalue weighted by Crippen LogP contribution is -2.24. The number of allylic oxidation sites excluding steroid dienone is 1. The fourth-order valence-corrected chi connectivity index (χ4v) is 3.70. The monoisotopic (exact) mass is 388 g/mol. The Morgan fingerprint density at radius 2 is 2.07 bits per heavy atom. The molecule has 6 nitrogen and oxygen atoms in total. The number of likely N-dealkylation sites (N-methyl/N-ethyl adjacent to an activating group) is 1. The molecule has 0 radical (unpaired) electrons. The van der Waals surface area contributed by atoms with Gasteiger partial charge in [-0.15, -0.1) is 0 Å². The van der Waals surface area contributed by atoms with Gasteiger partial charge in [-0.2, -0.15) is 0 Å². The number of aromatic nitrogens is 2. The van der Waals surface area contributed by atoms with Crippen molar-refractivity contribution in [3.8, 4) is 0 Å². The van der Waals surface area contributed by atoms with E-state index in [1.807, 2.05) is 45.2 Å². The number of rotatable bonds is 4. The van der Waals surface area contributed by atoms with Crippen molar-refractivity contribution in [3.05, 3.63) is 65.0 Å². The van der Waals surface area contributed by atoms with Crippen LogP contribution in [0, 0.1) is 6.92 Å². The first-order valence-electron chi connectivity index (χ1n) is 9.71. The van der Waals surface area contributed by atoms with E-state index in [1.54, 1.807) is 17.2 Å². The van der Waals surface area contributed by atoms with E-state index in [4.69, 9.17) is 0 Å². The third-order valence-corrected chi connectivity index (χ3v) is 5.44. The highest BCUT2D eigenvalue weighted by atomic mass is 16.2. The number of fused-ring (bicyclic) bond motifs is 2. The van der Waals surface area contributed by atoms with Crippen molar-refractivity contribution in [1.29, 1.82) is 0 Å². The number of carbonyl (C=O) groups excluding carboxylic acids is 2. The minimum Gasteiger partial charge on any atom is -0.358 e. The topological polar surface area (TPSA) is 78.1 Å². The van der Waals surface area contributed by atoms with Crippen LogP contribution >= 0.6 is 0 Å². The standard InChI is InChI=1S/C23H24N4O2/c1-14(17-11-16-8-9-21(28)26-23(16)24-12-17)10-22(29)27(3)13-19-15(2)25-20-7-5-4-6-18(19)20/h4-7,10-12,25H,8-9,13H2,1-3H3,(H,24,26,28)/b14-10+. The van der Waals surface area contributed by atoms with Crippen molar-refractivity contribution in [1.82, 2.24) is 14.9 Å². The van der Waals surface area contributed by atoms with Gasteiger partial charge in [-0.25, -0.2) is 4.98 Å². The highest BCUT2D eigenvalue weighted by molar-refractivity contribution is 5.96. The summed E-state index contributed by atoms with van der Waals surface area (Å²) < 4.78 is 0. The van der Waals surface area contributed by atoms with Crippen LogP contribution in [0.15, 0.2) is 42.6 Å². The molecule has 0 atom stereocenters. The summed E-state index contributed by atoms with van der Waals surface area (Å²) in [6, 6.07) is 10.1. The molecule has 0 spiro atoms. The number of hydrogen-bond acceptors (Lipinski definition) is 3. The molecule has 1 aliphatic heterocycles. The van der Waals surface area contributed by atoms with Crippen LogP contribution in [0.2, 0.25) is 0 Å². The Hall–Kier alpha value is -3.41. The van der Waals surface area contributed by atoms with Gasteiger partial charge in [0.1, 0.15) is 5.82 Å². The van der Waals surface area contributed by atoms with Crippen LogP contribution in [-0.4, -0.2) is 33.7 Å². The molecule has 0 bridgehead atoms. The quantitative estimate of drug-likeness (QED) is 0.667. The summed E-state index contributed by atoms with van der Waals surface area (Å²) in [7, 11) is 1.81. The maximum atomic E-state index is 12.8. The first kappa shape index (κ1) is 18.9. The van der Waals surface area contributed by atoms with Crippen molar-refractivity contribution in [3.63, 3.8) is 0 Å². The molecule has 3 heterocycles. The highest BCUT2D eigenvalue weighted by Gasteiger charge is 2.17. The van der Waals surface area contributed by atoms with Crippen LogP contribution in [0.3, 0.4) is 0 Å². The van der Waals surface area contributed by atoms with Gasteiger partial charge in [-0.1, -0.05) is 18.2 Å². The van der Waals surface area contributed by atoms with Gasteiger partial charge >= 0.3 is 0 Å². The maximum Gasteiger partial charge on any atom is 0.246 e. The van der Waals surface area contributed by atoms with Gasteiger partial charge in [0.05, 0.1) is 0 Å². The smallest absolute Gasteiger partial charge is 0.246 e. The Morgan fingerprint density at radius 3 is 2.90 bits per heavy atom. The fourth-order valence-electron chi connectivity index (χ4n) is 3.70. The van der Waals surface area contributed by atoms with Crippen LogP contribution in [0.5, 0.6) is 0 Å². The highest BCUT2D eigenvalue weighted by Crippen LogP contribution is 2.25. The first-order chi connectivity index (χ1) is 13.9. The van der Waals surface area contributed by atoms with E-state index in [1.165, 1.54) is 0 Å². The number of nitrogens with one attached hydrogen (secondary N) is 2. The molecule has 0 aliphatic carbocycles. The van der Waals surface area contributed by atoms with Gasteiger partial charge in [0.25, 0.3) is 0 Å². The van der Waals surface area contributed by atoms with Crippen LogP contribution < -0.4 is 5.32 Å². The molecule has 1 aliphatic rings. The lowest BCUT2D eigenvalue weighted by Gasteiger charge is -2.18. The molecule has 2 N–H and O–H groups in total. The summed E-state index contributed by atoms with van der Waals surface area (Å²) in [5.74, 6) is 0.559. The normalized spacial score (nSPS) is 13.9. The summed E-state index contributed by atoms with van der Waals surface area (Å²) in [4.78, 5) is 33.7. The van der Waals surface area contributed by atoms with Crippen LogP contribution in [0.1, 0.15) is 35.7 Å². The summed E-state index contributed by atoms with van der Waals surface area (Å²) >= 11 is 0. The minimum atomic E-state index is -0.0572. The second-order valence-corrected chi connectivity index (χ2v) is 7.58. The molecule has 3 aromatic rings. The Balaban J connectivity index is 1.52. The van der Waals surface area contributed by atoms with Crippen molar-refractivity contribution < 1.29 is 9.59 Å². The number of carbonyl (C=O) groups is 2. The number of hydrogen-bond donors (Lipinski definition) is 2. The van der Waals surface area contributed by atoms with Crippen LogP contribution in [0.25, 0.3) is 16.5 Å². The summed E-state index contributed by atoms with van der Waals surface area (Å²) in [5, 5.41) is 3.93. The second-order valence-electron chi connectivity index (χ2n) is 7.58. The maximum absolute atomic E-state index is 12.8. The van der Waals surface area contributed by atoms with Crippen LogP contribution in [0.4, 0.5) is 5.82 Å². The van der Waals surface area contributed by atoms with Gasteiger partial charge < -0.3 is 15.2 Å². The number of benzene rings is 1. The Labute approximate surface area is 169 Å². The predicted molar refractivity (Wildman–Crippen MR) is 114 cm³/mol. The molecule has 0 saturated heterocycles. The Morgan fingerprint density at radius 1 is 1.28 bits per heavy atom. The van der Waals surface area contributed by atoms with Gasteiger partial charge in [-0.3, -0.25) is 9.59 Å². The Kier molecular flexibility index (Phi) is 4.92. The van der Waals surface area contributed by atoms with E-state index in [0.717, 1.165) is 38.9 Å². The zero-order valence-electron chi connectivity index (χ0n) is 16.9. The van der Waals surface area contributed by atoms with Gasteiger partial charge in [-0.05, 0) is 54.7 Å². The molecule has 0 unspecified atom stereocenters. The second kappa shape index (κ2) is 7.54. The third kappa shape index (κ3) is 3.78. The van der Waals surface area contributed by atoms with Crippen LogP contribution in [-0.2, 0) is 22.6 Å². The summed E-state index contributed by atoms with van der Waals surface area (Å²) in [5.41, 5.74) is 6.04. The minimum absolute atomic E-state index is 0.00519. The largest absolute Gasteiger partial charge is 0.358 e. The van der Waals surface area contributed by atoms with Gasteiger partial charge in [0.15, 0.2) is 0 Å². The number of anilines is 1. The third-order valence-electron chi connectivity index (χ3n) is 5.44. The van der Waals surface area contributed by atoms with Crippen molar-refractivity contribution in [2.45, 2.75) is 33.2 Å². The zero-order valence-corrected chi connectivity index (χ0v) is 16.9. The molecule has 2 aromatic heterocycles. The van der Waals surface area contributed by atoms with E-state index in [0.29, 0.717) is 25.2 Å². The Bertz CT molecular complexity index is 1140. The van der Waals surface area contributed by atoms with Gasteiger partial charge in [0.2, 0.25) is 11.8 Å². The fraction of sp³-hybridized carbons (Fsp3) is 0.261. The molecule has 0 saturated carbocycles. The summed E-state index contributed by atoms with van der Waals surface area (Å²) in [6.07, 6.45) is 4.48. The zero-order chi connectivity index (χ0) is 20.5. The lowest BCUT2D eigenvalue weighted by atomic mass is 10.0.